The van der Waals surface area contributed by atoms with Gasteiger partial charge in [-0.25, -0.2) is 0 Å². The molecule has 0 aromatic carbocycles. The van der Waals surface area contributed by atoms with E-state index in [1.165, 1.54) is 34.0 Å². The molecular weight excluding hydrogens is 726 g/mol. The normalized spacial score (nSPS) is 26.2. The second-order valence-corrected chi connectivity index (χ2v) is 30.3. The van der Waals surface area contributed by atoms with Gasteiger partial charge in [0.05, 0.1) is 34.0 Å². The van der Waals surface area contributed by atoms with Crippen LogP contribution in [0.1, 0.15) is 213 Å². The van der Waals surface area contributed by atoms with E-state index in [1.54, 1.807) is 193 Å². The minimum absolute atomic E-state index is 0.0465. The standard InChI is InChI=1S/2C18H33P.C5H10.2ClH.Ru/c2*1-4-10-16(11-5-1)19(17-12-6-2-7-13-17)18-14-8-3-9-15-18;1-5(2,3)4;;;/h2*16-18H,1-15H2;1H,2-4H3;2*1H;/q;;;;;+2. The zero-order chi connectivity index (χ0) is 32.6. The van der Waals surface area contributed by atoms with Crippen molar-refractivity contribution in [3.8, 4) is 0 Å². The van der Waals surface area contributed by atoms with Crippen molar-refractivity contribution in [2.45, 2.75) is 247 Å². The molecule has 0 bridgehead atoms. The molecule has 6 fully saturated rings. The topological polar surface area (TPSA) is 0 Å². The fraction of sp³-hybridized carbons (Fsp3) is 0.976. The average Bonchev–Trinajstić information content (AvgIpc) is 3.08. The van der Waals surface area contributed by atoms with Crippen LogP contribution in [0, 0.1) is 5.41 Å². The van der Waals surface area contributed by atoms with Gasteiger partial charge in [-0.3, -0.25) is 0 Å². The first kappa shape index (κ1) is 40.7. The van der Waals surface area contributed by atoms with Crippen LogP contribution in [0.25, 0.3) is 0 Å². The Balaban J connectivity index is 0.000000170. The molecule has 0 spiro atoms. The first-order valence-electron chi connectivity index (χ1n) is 20.9. The SMILES string of the molecule is C1CCC([PH+](C2CCCCC2)C2CCCCC2)CC1.C1CCC([PH+](C2CCCCC2)C2CCCCC2)CC1.CC(C)(C)[CH]=[Ru]([Cl])[Cl]. The van der Waals surface area contributed by atoms with Crippen LogP contribution in [-0.2, 0) is 13.5 Å². The Morgan fingerprint density at radius 3 is 0.652 bits per heavy atom. The molecule has 5 heteroatoms. The predicted octanol–water partition coefficient (Wildman–Crippen LogP) is 15.2. The summed E-state index contributed by atoms with van der Waals surface area (Å²) in [5, 5.41) is 0. The molecule has 6 rings (SSSR count). The van der Waals surface area contributed by atoms with Crippen molar-refractivity contribution in [2.75, 3.05) is 0 Å². The summed E-state index contributed by atoms with van der Waals surface area (Å²) in [7, 11) is 11.1. The van der Waals surface area contributed by atoms with Crippen LogP contribution in [0.15, 0.2) is 0 Å². The van der Waals surface area contributed by atoms with Crippen molar-refractivity contribution < 1.29 is 13.5 Å². The van der Waals surface area contributed by atoms with Crippen molar-refractivity contribution >= 4 is 39.8 Å². The fourth-order valence-electron chi connectivity index (χ4n) is 10.8. The van der Waals surface area contributed by atoms with Crippen molar-refractivity contribution in [1.82, 2.24) is 0 Å². The zero-order valence-corrected chi connectivity index (χ0v) is 36.1. The van der Waals surface area contributed by atoms with E-state index < -0.39 is 13.5 Å². The monoisotopic (exact) mass is 804 g/mol. The quantitative estimate of drug-likeness (QED) is 0.185. The van der Waals surface area contributed by atoms with Gasteiger partial charge in [0.2, 0.25) is 0 Å². The van der Waals surface area contributed by atoms with Gasteiger partial charge in [-0.15, -0.1) is 0 Å². The van der Waals surface area contributed by atoms with E-state index in [2.05, 4.69) is 20.8 Å². The number of rotatable bonds is 6. The Hall–Kier alpha value is 1.93. The van der Waals surface area contributed by atoms with Gasteiger partial charge in [0.1, 0.15) is 0 Å². The van der Waals surface area contributed by atoms with Crippen LogP contribution in [-0.4, -0.2) is 38.6 Å². The molecule has 0 amide bonds. The Labute approximate surface area is 304 Å². The van der Waals surface area contributed by atoms with Gasteiger partial charge in [0, 0.05) is 15.8 Å². The van der Waals surface area contributed by atoms with Crippen molar-refractivity contribution in [1.29, 1.82) is 0 Å². The van der Waals surface area contributed by atoms with Crippen LogP contribution in [0.4, 0.5) is 0 Å². The first-order valence-corrected chi connectivity index (χ1v) is 29.8. The maximum absolute atomic E-state index is 5.62. The summed E-state index contributed by atoms with van der Waals surface area (Å²) in [6.45, 7) is 6.29. The third-order valence-corrected chi connectivity index (χ3v) is 24.8. The van der Waals surface area contributed by atoms with Crippen LogP contribution in [0.3, 0.4) is 0 Å². The fourth-order valence-corrected chi connectivity index (χ4v) is 25.2. The molecule has 0 atom stereocenters. The van der Waals surface area contributed by atoms with Crippen LogP contribution >= 0.6 is 35.2 Å². The van der Waals surface area contributed by atoms with Crippen molar-refractivity contribution in [3.05, 3.63) is 0 Å². The molecule has 0 aromatic heterocycles. The number of hydrogen-bond acceptors (Lipinski definition) is 0. The molecule has 0 aliphatic heterocycles. The van der Waals surface area contributed by atoms with E-state index in [1.807, 2.05) is 4.61 Å². The zero-order valence-electron chi connectivity index (χ0n) is 30.9. The Morgan fingerprint density at radius 1 is 0.370 bits per heavy atom. The number of halogens is 2. The van der Waals surface area contributed by atoms with Crippen LogP contribution in [0.2, 0.25) is 0 Å². The van der Waals surface area contributed by atoms with E-state index in [9.17, 15) is 0 Å². The molecule has 272 valence electrons. The Kier molecular flexibility index (Phi) is 20.2. The van der Waals surface area contributed by atoms with Gasteiger partial charge in [-0.2, -0.15) is 0 Å². The summed E-state index contributed by atoms with van der Waals surface area (Å²) < 4.78 is 2.03. The maximum atomic E-state index is 5.62. The molecule has 0 unspecified atom stereocenters. The molecule has 6 aliphatic rings. The summed E-state index contributed by atoms with van der Waals surface area (Å²) in [5.41, 5.74) is 7.56. The molecule has 6 saturated carbocycles. The molecule has 6 aliphatic carbocycles. The van der Waals surface area contributed by atoms with Crippen molar-refractivity contribution in [2.24, 2.45) is 5.41 Å². The molecule has 0 aromatic rings. The van der Waals surface area contributed by atoms with Crippen LogP contribution < -0.4 is 0 Å². The van der Waals surface area contributed by atoms with E-state index in [4.69, 9.17) is 19.4 Å². The molecule has 0 radical (unpaired) electrons. The van der Waals surface area contributed by atoms with Gasteiger partial charge in [0.25, 0.3) is 0 Å². The molecule has 0 heterocycles. The molecule has 46 heavy (non-hydrogen) atoms. The van der Waals surface area contributed by atoms with Gasteiger partial charge in [-0.05, 0) is 154 Å². The summed E-state index contributed by atoms with van der Waals surface area (Å²) in [6, 6.07) is 0. The minimum atomic E-state index is -1.51. The molecule has 0 saturated heterocycles. The third-order valence-electron chi connectivity index (χ3n) is 12.8. The van der Waals surface area contributed by atoms with E-state index in [0.717, 1.165) is 0 Å². The summed E-state index contributed by atoms with van der Waals surface area (Å²) in [6.07, 6.45) is 47.6. The van der Waals surface area contributed by atoms with Gasteiger partial charge >= 0.3 is 63.7 Å². The summed E-state index contributed by atoms with van der Waals surface area (Å²) >= 11 is -1.51. The molecule has 0 nitrogen and oxygen atoms in total. The van der Waals surface area contributed by atoms with Crippen molar-refractivity contribution in [3.63, 3.8) is 0 Å². The van der Waals surface area contributed by atoms with Gasteiger partial charge in [-0.1, -0.05) is 38.5 Å². The van der Waals surface area contributed by atoms with Gasteiger partial charge < -0.3 is 0 Å². The predicted molar refractivity (Wildman–Crippen MR) is 215 cm³/mol. The van der Waals surface area contributed by atoms with E-state index in [-0.39, 0.29) is 21.3 Å². The first-order chi connectivity index (χ1) is 22.3. The van der Waals surface area contributed by atoms with Crippen LogP contribution in [0.5, 0.6) is 0 Å². The third kappa shape index (κ3) is 14.9. The Morgan fingerprint density at radius 2 is 0.543 bits per heavy atom. The summed E-state index contributed by atoms with van der Waals surface area (Å²) in [4.78, 5) is 0. The summed E-state index contributed by atoms with van der Waals surface area (Å²) in [5.74, 6) is 0. The second-order valence-electron chi connectivity index (χ2n) is 17.7. The van der Waals surface area contributed by atoms with E-state index in [0.29, 0.717) is 0 Å². The average molecular weight is 805 g/mol. The number of hydrogen-bond donors (Lipinski definition) is 0. The Bertz CT molecular complexity index is 663. The van der Waals surface area contributed by atoms with E-state index >= 15 is 0 Å². The molecular formula is C41H78Cl2P2Ru+2. The molecule has 0 N–H and O–H groups in total. The van der Waals surface area contributed by atoms with Gasteiger partial charge in [0.15, 0.2) is 0 Å². The second kappa shape index (κ2) is 22.8.